The summed E-state index contributed by atoms with van der Waals surface area (Å²) in [7, 11) is 0. The molecule has 0 radical (unpaired) electrons. The second kappa shape index (κ2) is 6.48. The summed E-state index contributed by atoms with van der Waals surface area (Å²) in [5.74, 6) is 1.52. The molecule has 5 heteroatoms. The number of amides is 1. The molecule has 1 unspecified atom stereocenters. The van der Waals surface area contributed by atoms with Gasteiger partial charge in [0, 0.05) is 10.9 Å². The molecule has 1 aliphatic heterocycles. The first-order valence-electron chi connectivity index (χ1n) is 8.15. The van der Waals surface area contributed by atoms with Crippen molar-refractivity contribution in [2.24, 2.45) is 5.41 Å². The molecule has 2 heterocycles. The van der Waals surface area contributed by atoms with Gasteiger partial charge in [-0.1, -0.05) is 20.8 Å². The maximum atomic E-state index is 12.4. The van der Waals surface area contributed by atoms with E-state index < -0.39 is 0 Å². The first kappa shape index (κ1) is 16.8. The van der Waals surface area contributed by atoms with Crippen LogP contribution in [0.25, 0.3) is 10.4 Å². The Kier molecular flexibility index (Phi) is 4.54. The van der Waals surface area contributed by atoms with E-state index in [2.05, 4.69) is 26.1 Å². The summed E-state index contributed by atoms with van der Waals surface area (Å²) in [5.41, 5.74) is 1.07. The molecular formula is C19H23NO3S. The van der Waals surface area contributed by atoms with Crippen LogP contribution in [0.1, 0.15) is 37.4 Å². The van der Waals surface area contributed by atoms with Crippen molar-refractivity contribution >= 4 is 17.2 Å². The maximum Gasteiger partial charge on any atom is 0.261 e. The predicted molar refractivity (Wildman–Crippen MR) is 97.1 cm³/mol. The largest absolute Gasteiger partial charge is 0.486 e. The maximum absolute atomic E-state index is 12.4. The van der Waals surface area contributed by atoms with E-state index in [9.17, 15) is 4.79 Å². The molecule has 0 spiro atoms. The molecule has 128 valence electrons. The Morgan fingerprint density at radius 1 is 1.12 bits per heavy atom. The van der Waals surface area contributed by atoms with Crippen LogP contribution in [0.5, 0.6) is 11.5 Å². The first-order valence-corrected chi connectivity index (χ1v) is 8.97. The topological polar surface area (TPSA) is 47.6 Å². The molecule has 1 aromatic carbocycles. The number of fused-ring (bicyclic) bond motifs is 1. The fourth-order valence-corrected chi connectivity index (χ4v) is 3.20. The molecule has 2 aromatic rings. The Labute approximate surface area is 146 Å². The van der Waals surface area contributed by atoms with Gasteiger partial charge >= 0.3 is 0 Å². The highest BCUT2D eigenvalue weighted by Gasteiger charge is 2.23. The number of nitrogens with one attached hydrogen (secondary N) is 1. The molecule has 0 saturated carbocycles. The van der Waals surface area contributed by atoms with Gasteiger partial charge in [0.05, 0.1) is 4.88 Å². The van der Waals surface area contributed by atoms with Gasteiger partial charge in [-0.25, -0.2) is 0 Å². The van der Waals surface area contributed by atoms with E-state index >= 15 is 0 Å². The van der Waals surface area contributed by atoms with Crippen molar-refractivity contribution in [3.05, 3.63) is 35.2 Å². The molecule has 1 aromatic heterocycles. The fraction of sp³-hybridized carbons (Fsp3) is 0.421. The molecule has 0 bridgehead atoms. The van der Waals surface area contributed by atoms with Gasteiger partial charge in [0.15, 0.2) is 11.5 Å². The van der Waals surface area contributed by atoms with Gasteiger partial charge in [0.1, 0.15) is 13.2 Å². The SMILES string of the molecule is CC(NC(=O)c1ccc(-c2ccc3c(c2)OCCO3)s1)C(C)(C)C. The number of hydrogen-bond donors (Lipinski definition) is 1. The highest BCUT2D eigenvalue weighted by molar-refractivity contribution is 7.17. The number of thiophene rings is 1. The zero-order valence-corrected chi connectivity index (χ0v) is 15.3. The van der Waals surface area contributed by atoms with E-state index in [1.807, 2.05) is 37.3 Å². The fourth-order valence-electron chi connectivity index (χ4n) is 2.30. The molecule has 1 amide bonds. The summed E-state index contributed by atoms with van der Waals surface area (Å²) in [6, 6.07) is 9.85. The van der Waals surface area contributed by atoms with Crippen molar-refractivity contribution in [2.75, 3.05) is 13.2 Å². The van der Waals surface area contributed by atoms with Crippen LogP contribution in [-0.4, -0.2) is 25.2 Å². The second-order valence-corrected chi connectivity index (χ2v) is 8.17. The lowest BCUT2D eigenvalue weighted by molar-refractivity contribution is 0.0914. The molecule has 0 saturated heterocycles. The Morgan fingerprint density at radius 3 is 2.54 bits per heavy atom. The van der Waals surface area contributed by atoms with Crippen LogP contribution >= 0.6 is 11.3 Å². The third-order valence-corrected chi connectivity index (χ3v) is 5.44. The molecule has 3 rings (SSSR count). The van der Waals surface area contributed by atoms with Crippen LogP contribution in [0, 0.1) is 5.41 Å². The predicted octanol–water partition coefficient (Wildman–Crippen LogP) is 4.35. The third kappa shape index (κ3) is 3.56. The second-order valence-electron chi connectivity index (χ2n) is 7.08. The third-order valence-electron chi connectivity index (χ3n) is 4.30. The van der Waals surface area contributed by atoms with Gasteiger partial charge in [0.2, 0.25) is 0 Å². The van der Waals surface area contributed by atoms with Crippen LogP contribution in [0.4, 0.5) is 0 Å². The Balaban J connectivity index is 1.77. The van der Waals surface area contributed by atoms with Crippen LogP contribution in [0.2, 0.25) is 0 Å². The number of hydrogen-bond acceptors (Lipinski definition) is 4. The standard InChI is InChI=1S/C19H23NO3S/c1-12(19(2,3)4)20-18(21)17-8-7-16(24-17)13-5-6-14-15(11-13)23-10-9-22-14/h5-8,11-12H,9-10H2,1-4H3,(H,20,21). The minimum absolute atomic E-state index is 0.0220. The summed E-state index contributed by atoms with van der Waals surface area (Å²) in [4.78, 5) is 14.2. The molecule has 24 heavy (non-hydrogen) atoms. The lowest BCUT2D eigenvalue weighted by Gasteiger charge is -2.27. The van der Waals surface area contributed by atoms with Crippen LogP contribution in [-0.2, 0) is 0 Å². The monoisotopic (exact) mass is 345 g/mol. The molecule has 4 nitrogen and oxygen atoms in total. The van der Waals surface area contributed by atoms with Gasteiger partial charge in [-0.3, -0.25) is 4.79 Å². The van der Waals surface area contributed by atoms with E-state index in [-0.39, 0.29) is 17.4 Å². The van der Waals surface area contributed by atoms with Gasteiger partial charge in [-0.15, -0.1) is 11.3 Å². The lowest BCUT2D eigenvalue weighted by atomic mass is 9.88. The normalized spacial score (nSPS) is 15.0. The van der Waals surface area contributed by atoms with E-state index in [0.717, 1.165) is 26.8 Å². The quantitative estimate of drug-likeness (QED) is 0.899. The number of carbonyl (C=O) groups excluding carboxylic acids is 1. The Bertz CT molecular complexity index is 745. The summed E-state index contributed by atoms with van der Waals surface area (Å²) in [6.07, 6.45) is 0. The van der Waals surface area contributed by atoms with E-state index in [1.165, 1.54) is 11.3 Å². The molecule has 0 fully saturated rings. The van der Waals surface area contributed by atoms with Crippen LogP contribution < -0.4 is 14.8 Å². The van der Waals surface area contributed by atoms with Gasteiger partial charge < -0.3 is 14.8 Å². The average molecular weight is 345 g/mol. The van der Waals surface area contributed by atoms with Gasteiger partial charge in [-0.05, 0) is 48.2 Å². The van der Waals surface area contributed by atoms with Crippen molar-refractivity contribution in [3.8, 4) is 21.9 Å². The molecule has 1 aliphatic rings. The zero-order chi connectivity index (χ0) is 17.3. The Morgan fingerprint density at radius 2 is 1.83 bits per heavy atom. The number of benzene rings is 1. The number of ether oxygens (including phenoxy) is 2. The highest BCUT2D eigenvalue weighted by Crippen LogP contribution is 2.37. The summed E-state index contributed by atoms with van der Waals surface area (Å²) in [5, 5.41) is 3.08. The molecule has 0 aliphatic carbocycles. The number of rotatable bonds is 3. The van der Waals surface area contributed by atoms with E-state index in [0.29, 0.717) is 13.2 Å². The number of carbonyl (C=O) groups is 1. The summed E-state index contributed by atoms with van der Waals surface area (Å²) < 4.78 is 11.2. The van der Waals surface area contributed by atoms with Crippen molar-refractivity contribution < 1.29 is 14.3 Å². The smallest absolute Gasteiger partial charge is 0.261 e. The van der Waals surface area contributed by atoms with E-state index in [4.69, 9.17) is 9.47 Å². The molecular weight excluding hydrogens is 322 g/mol. The minimum atomic E-state index is -0.0220. The van der Waals surface area contributed by atoms with E-state index in [1.54, 1.807) is 0 Å². The van der Waals surface area contributed by atoms with Gasteiger partial charge in [-0.2, -0.15) is 0 Å². The zero-order valence-electron chi connectivity index (χ0n) is 14.5. The summed E-state index contributed by atoms with van der Waals surface area (Å²) >= 11 is 1.49. The summed E-state index contributed by atoms with van der Waals surface area (Å²) in [6.45, 7) is 9.54. The molecule has 1 N–H and O–H groups in total. The van der Waals surface area contributed by atoms with Crippen LogP contribution in [0.3, 0.4) is 0 Å². The van der Waals surface area contributed by atoms with Crippen molar-refractivity contribution in [2.45, 2.75) is 33.7 Å². The molecule has 1 atom stereocenters. The van der Waals surface area contributed by atoms with Crippen molar-refractivity contribution in [1.29, 1.82) is 0 Å². The first-order chi connectivity index (χ1) is 11.3. The van der Waals surface area contributed by atoms with Crippen LogP contribution in [0.15, 0.2) is 30.3 Å². The lowest BCUT2D eigenvalue weighted by Crippen LogP contribution is -2.41. The average Bonchev–Trinajstić information content (AvgIpc) is 3.03. The van der Waals surface area contributed by atoms with Crippen molar-refractivity contribution in [1.82, 2.24) is 5.32 Å². The highest BCUT2D eigenvalue weighted by atomic mass is 32.1. The van der Waals surface area contributed by atoms with Gasteiger partial charge in [0.25, 0.3) is 5.91 Å². The Hall–Kier alpha value is -2.01. The van der Waals surface area contributed by atoms with Crippen molar-refractivity contribution in [3.63, 3.8) is 0 Å². The minimum Gasteiger partial charge on any atom is -0.486 e.